The first kappa shape index (κ1) is 9.81. The van der Waals surface area contributed by atoms with E-state index < -0.39 is 5.97 Å². The normalized spacial score (nSPS) is 30.1. The highest BCUT2D eigenvalue weighted by molar-refractivity contribution is 6.20. The molecule has 0 heterocycles. The van der Waals surface area contributed by atoms with Crippen molar-refractivity contribution in [2.45, 2.75) is 37.1 Å². The lowest BCUT2D eigenvalue weighted by Gasteiger charge is -2.25. The molecule has 0 amide bonds. The van der Waals surface area contributed by atoms with Crippen LogP contribution in [0.2, 0.25) is 0 Å². The molecule has 70 valence electrons. The van der Waals surface area contributed by atoms with Gasteiger partial charge in [-0.15, -0.1) is 11.6 Å². The van der Waals surface area contributed by atoms with Crippen molar-refractivity contribution in [2.75, 3.05) is 6.54 Å². The van der Waals surface area contributed by atoms with Crippen molar-refractivity contribution in [3.05, 3.63) is 0 Å². The van der Waals surface area contributed by atoms with E-state index in [0.717, 1.165) is 25.7 Å². The molecule has 12 heavy (non-hydrogen) atoms. The Kier molecular flexibility index (Phi) is 3.82. The van der Waals surface area contributed by atoms with Crippen LogP contribution in [0.25, 0.3) is 0 Å². The first-order valence-corrected chi connectivity index (χ1v) is 4.71. The summed E-state index contributed by atoms with van der Waals surface area (Å²) in [6, 6.07) is 0.357. The fourth-order valence-corrected chi connectivity index (χ4v) is 1.74. The summed E-state index contributed by atoms with van der Waals surface area (Å²) in [6.07, 6.45) is 4.00. The molecule has 0 aromatic rings. The number of rotatable bonds is 3. The molecule has 1 aliphatic rings. The average molecular weight is 192 g/mol. The first-order valence-electron chi connectivity index (χ1n) is 4.27. The van der Waals surface area contributed by atoms with E-state index in [9.17, 15) is 4.79 Å². The maximum Gasteiger partial charge on any atom is 0.317 e. The summed E-state index contributed by atoms with van der Waals surface area (Å²) in [6.45, 7) is 0.0671. The summed E-state index contributed by atoms with van der Waals surface area (Å²) >= 11 is 5.90. The monoisotopic (exact) mass is 191 g/mol. The van der Waals surface area contributed by atoms with Crippen LogP contribution in [0, 0.1) is 0 Å². The van der Waals surface area contributed by atoms with Crippen molar-refractivity contribution in [2.24, 2.45) is 0 Å². The Morgan fingerprint density at radius 3 is 2.50 bits per heavy atom. The molecule has 4 heteroatoms. The number of hydrogen-bond donors (Lipinski definition) is 2. The average Bonchev–Trinajstić information content (AvgIpc) is 2.03. The predicted octanol–water partition coefficient (Wildman–Crippen LogP) is 1.21. The Bertz CT molecular complexity index is 155. The smallest absolute Gasteiger partial charge is 0.317 e. The highest BCUT2D eigenvalue weighted by atomic mass is 35.5. The minimum atomic E-state index is -0.789. The van der Waals surface area contributed by atoms with E-state index in [-0.39, 0.29) is 6.54 Å². The molecule has 0 atom stereocenters. The summed E-state index contributed by atoms with van der Waals surface area (Å²) in [5, 5.41) is 11.7. The lowest BCUT2D eigenvalue weighted by atomic mass is 9.95. The van der Waals surface area contributed by atoms with Crippen LogP contribution in [-0.2, 0) is 4.79 Å². The number of carbonyl (C=O) groups is 1. The van der Waals surface area contributed by atoms with Gasteiger partial charge in [-0.05, 0) is 25.7 Å². The van der Waals surface area contributed by atoms with Gasteiger partial charge in [0, 0.05) is 11.4 Å². The molecule has 0 aromatic carbocycles. The van der Waals surface area contributed by atoms with Crippen molar-refractivity contribution in [3.63, 3.8) is 0 Å². The van der Waals surface area contributed by atoms with Gasteiger partial charge in [-0.3, -0.25) is 4.79 Å². The van der Waals surface area contributed by atoms with Gasteiger partial charge in [-0.25, -0.2) is 0 Å². The van der Waals surface area contributed by atoms with Gasteiger partial charge in [0.15, 0.2) is 0 Å². The zero-order chi connectivity index (χ0) is 8.97. The minimum Gasteiger partial charge on any atom is -0.480 e. The summed E-state index contributed by atoms with van der Waals surface area (Å²) in [5.74, 6) is -0.789. The van der Waals surface area contributed by atoms with E-state index in [1.54, 1.807) is 0 Å². The lowest BCUT2D eigenvalue weighted by molar-refractivity contribution is -0.136. The van der Waals surface area contributed by atoms with Gasteiger partial charge in [-0.1, -0.05) is 0 Å². The molecular weight excluding hydrogens is 178 g/mol. The second-order valence-electron chi connectivity index (χ2n) is 3.22. The third kappa shape index (κ3) is 3.41. The van der Waals surface area contributed by atoms with Crippen molar-refractivity contribution >= 4 is 17.6 Å². The van der Waals surface area contributed by atoms with Gasteiger partial charge in [-0.2, -0.15) is 0 Å². The SMILES string of the molecule is O=C(O)CNC1CCC(Cl)CC1. The standard InChI is InChI=1S/C8H14ClNO2/c9-6-1-3-7(4-2-6)10-5-8(11)12/h6-7,10H,1-5H2,(H,11,12). The molecule has 2 N–H and O–H groups in total. The van der Waals surface area contributed by atoms with Crippen LogP contribution in [0.3, 0.4) is 0 Å². The van der Waals surface area contributed by atoms with Crippen molar-refractivity contribution in [3.8, 4) is 0 Å². The fraction of sp³-hybridized carbons (Fsp3) is 0.875. The lowest BCUT2D eigenvalue weighted by Crippen LogP contribution is -2.36. The Balaban J connectivity index is 2.13. The molecule has 0 unspecified atom stereocenters. The van der Waals surface area contributed by atoms with E-state index in [4.69, 9.17) is 16.7 Å². The van der Waals surface area contributed by atoms with Gasteiger partial charge >= 0.3 is 5.97 Å². The second kappa shape index (κ2) is 4.67. The van der Waals surface area contributed by atoms with Crippen LogP contribution in [0.4, 0.5) is 0 Å². The first-order chi connectivity index (χ1) is 5.68. The highest BCUT2D eigenvalue weighted by Gasteiger charge is 2.19. The molecule has 0 aromatic heterocycles. The zero-order valence-electron chi connectivity index (χ0n) is 6.92. The van der Waals surface area contributed by atoms with Gasteiger partial charge < -0.3 is 10.4 Å². The molecule has 1 aliphatic carbocycles. The topological polar surface area (TPSA) is 49.3 Å². The largest absolute Gasteiger partial charge is 0.480 e. The van der Waals surface area contributed by atoms with Crippen LogP contribution in [0.5, 0.6) is 0 Å². The minimum absolute atomic E-state index is 0.0671. The Morgan fingerprint density at radius 2 is 2.00 bits per heavy atom. The van der Waals surface area contributed by atoms with Crippen molar-refractivity contribution in [1.82, 2.24) is 5.32 Å². The second-order valence-corrected chi connectivity index (χ2v) is 3.84. The molecule has 1 rings (SSSR count). The fourth-order valence-electron chi connectivity index (χ4n) is 1.49. The molecule has 0 aliphatic heterocycles. The van der Waals surface area contributed by atoms with Crippen LogP contribution >= 0.6 is 11.6 Å². The summed E-state index contributed by atoms with van der Waals surface area (Å²) in [4.78, 5) is 10.2. The molecule has 3 nitrogen and oxygen atoms in total. The van der Waals surface area contributed by atoms with Crippen molar-refractivity contribution in [1.29, 1.82) is 0 Å². The molecule has 1 saturated carbocycles. The molecule has 0 bridgehead atoms. The molecule has 1 fully saturated rings. The predicted molar refractivity (Wildman–Crippen MR) is 47.5 cm³/mol. The number of halogens is 1. The van der Waals surface area contributed by atoms with Crippen LogP contribution in [-0.4, -0.2) is 29.0 Å². The van der Waals surface area contributed by atoms with Crippen LogP contribution in [0.1, 0.15) is 25.7 Å². The molecule has 0 saturated heterocycles. The van der Waals surface area contributed by atoms with Crippen LogP contribution in [0.15, 0.2) is 0 Å². The zero-order valence-corrected chi connectivity index (χ0v) is 7.68. The van der Waals surface area contributed by atoms with E-state index in [0.29, 0.717) is 11.4 Å². The Morgan fingerprint density at radius 1 is 1.42 bits per heavy atom. The van der Waals surface area contributed by atoms with E-state index in [1.807, 2.05) is 0 Å². The maximum atomic E-state index is 10.2. The number of carboxylic acids is 1. The van der Waals surface area contributed by atoms with E-state index in [1.165, 1.54) is 0 Å². The summed E-state index contributed by atoms with van der Waals surface area (Å²) < 4.78 is 0. The number of carboxylic acid groups (broad SMARTS) is 1. The quantitative estimate of drug-likeness (QED) is 0.660. The van der Waals surface area contributed by atoms with E-state index in [2.05, 4.69) is 5.32 Å². The van der Waals surface area contributed by atoms with Gasteiger partial charge in [0.1, 0.15) is 0 Å². The van der Waals surface area contributed by atoms with Gasteiger partial charge in [0.2, 0.25) is 0 Å². The van der Waals surface area contributed by atoms with Crippen LogP contribution < -0.4 is 5.32 Å². The van der Waals surface area contributed by atoms with Gasteiger partial charge in [0.05, 0.1) is 6.54 Å². The molecule has 0 spiro atoms. The number of nitrogens with one attached hydrogen (secondary N) is 1. The Hall–Kier alpha value is -0.280. The molecular formula is C8H14ClNO2. The highest BCUT2D eigenvalue weighted by Crippen LogP contribution is 2.22. The summed E-state index contributed by atoms with van der Waals surface area (Å²) in [7, 11) is 0. The molecule has 0 radical (unpaired) electrons. The number of hydrogen-bond acceptors (Lipinski definition) is 2. The van der Waals surface area contributed by atoms with Gasteiger partial charge in [0.25, 0.3) is 0 Å². The third-order valence-corrected chi connectivity index (χ3v) is 2.64. The van der Waals surface area contributed by atoms with Crippen molar-refractivity contribution < 1.29 is 9.90 Å². The summed E-state index contributed by atoms with van der Waals surface area (Å²) in [5.41, 5.74) is 0. The Labute approximate surface area is 77.1 Å². The maximum absolute atomic E-state index is 10.2. The third-order valence-electron chi connectivity index (χ3n) is 2.20. The number of alkyl halides is 1. The van der Waals surface area contributed by atoms with E-state index >= 15 is 0 Å². The number of aliphatic carboxylic acids is 1.